The number of piperidine rings is 1. The standard InChI is InChI=1S/C26H28N6O/c33-26(28-12-7-14-31-17-13-27-19-31)21-10-11-22-23(18-21)30-25(32-15-5-2-6-16-32)24(29-22)20-8-3-1-4-9-20/h1,3-4,8-11,13,17-19H,2,5-7,12,14-16H2,(H,28,33). The van der Waals surface area contributed by atoms with Gasteiger partial charge in [-0.05, 0) is 43.9 Å². The second kappa shape index (κ2) is 9.81. The van der Waals surface area contributed by atoms with Gasteiger partial charge >= 0.3 is 0 Å². The van der Waals surface area contributed by atoms with E-state index in [9.17, 15) is 4.79 Å². The van der Waals surface area contributed by atoms with E-state index in [-0.39, 0.29) is 5.91 Å². The van der Waals surface area contributed by atoms with Crippen LogP contribution in [0.1, 0.15) is 36.0 Å². The van der Waals surface area contributed by atoms with Crippen molar-refractivity contribution in [3.63, 3.8) is 0 Å². The lowest BCUT2D eigenvalue weighted by Gasteiger charge is -2.29. The van der Waals surface area contributed by atoms with E-state index in [1.165, 1.54) is 6.42 Å². The molecule has 0 unspecified atom stereocenters. The van der Waals surface area contributed by atoms with Crippen molar-refractivity contribution >= 4 is 22.8 Å². The van der Waals surface area contributed by atoms with Gasteiger partial charge in [0.25, 0.3) is 5.91 Å². The van der Waals surface area contributed by atoms with Gasteiger partial charge in [0.1, 0.15) is 5.69 Å². The van der Waals surface area contributed by atoms with Gasteiger partial charge in [-0.2, -0.15) is 0 Å². The van der Waals surface area contributed by atoms with Gasteiger partial charge in [0.15, 0.2) is 5.82 Å². The Balaban J connectivity index is 1.39. The Bertz CT molecular complexity index is 1220. The Kier molecular flexibility index (Phi) is 6.28. The Morgan fingerprint density at radius 1 is 0.970 bits per heavy atom. The number of aromatic nitrogens is 4. The molecule has 1 saturated heterocycles. The van der Waals surface area contributed by atoms with Gasteiger partial charge in [0.2, 0.25) is 0 Å². The van der Waals surface area contributed by atoms with Crippen LogP contribution in [0, 0.1) is 0 Å². The zero-order chi connectivity index (χ0) is 22.5. The van der Waals surface area contributed by atoms with E-state index < -0.39 is 0 Å². The van der Waals surface area contributed by atoms with Crippen LogP contribution in [-0.2, 0) is 6.54 Å². The van der Waals surface area contributed by atoms with Crippen molar-refractivity contribution in [2.24, 2.45) is 0 Å². The van der Waals surface area contributed by atoms with Crippen molar-refractivity contribution in [3.8, 4) is 11.3 Å². The molecule has 1 aliphatic rings. The highest BCUT2D eigenvalue weighted by Gasteiger charge is 2.20. The fourth-order valence-electron chi connectivity index (χ4n) is 4.29. The molecule has 0 atom stereocenters. The number of carbonyl (C=O) groups excluding carboxylic acids is 1. The van der Waals surface area contributed by atoms with Crippen LogP contribution in [0.15, 0.2) is 67.3 Å². The molecule has 0 saturated carbocycles. The predicted molar refractivity (Wildman–Crippen MR) is 130 cm³/mol. The van der Waals surface area contributed by atoms with Crippen LogP contribution in [0.5, 0.6) is 0 Å². The highest BCUT2D eigenvalue weighted by molar-refractivity contribution is 5.97. The molecule has 3 heterocycles. The van der Waals surface area contributed by atoms with E-state index >= 15 is 0 Å². The number of hydrogen-bond donors (Lipinski definition) is 1. The van der Waals surface area contributed by atoms with Gasteiger partial charge in [-0.15, -0.1) is 0 Å². The second-order valence-electron chi connectivity index (χ2n) is 8.42. The third-order valence-corrected chi connectivity index (χ3v) is 6.05. The van der Waals surface area contributed by atoms with Crippen molar-refractivity contribution in [3.05, 3.63) is 72.8 Å². The number of nitrogens with zero attached hydrogens (tertiary/aromatic N) is 5. The molecule has 0 bridgehead atoms. The largest absolute Gasteiger partial charge is 0.355 e. The molecule has 1 N–H and O–H groups in total. The number of fused-ring (bicyclic) bond motifs is 1. The quantitative estimate of drug-likeness (QED) is 0.434. The molecule has 4 aromatic rings. The molecule has 0 aliphatic carbocycles. The lowest BCUT2D eigenvalue weighted by Crippen LogP contribution is -2.31. The minimum absolute atomic E-state index is 0.0870. The summed E-state index contributed by atoms with van der Waals surface area (Å²) < 4.78 is 2.00. The first-order valence-electron chi connectivity index (χ1n) is 11.6. The molecule has 168 valence electrons. The summed E-state index contributed by atoms with van der Waals surface area (Å²) in [5, 5.41) is 3.01. The molecule has 2 aromatic heterocycles. The number of imidazole rings is 1. The van der Waals surface area contributed by atoms with E-state index in [1.54, 1.807) is 12.5 Å². The molecular weight excluding hydrogens is 412 g/mol. The topological polar surface area (TPSA) is 75.9 Å². The Hall–Kier alpha value is -3.74. The summed E-state index contributed by atoms with van der Waals surface area (Å²) >= 11 is 0. The Morgan fingerprint density at radius 3 is 2.61 bits per heavy atom. The van der Waals surface area contributed by atoms with Crippen molar-refractivity contribution in [2.45, 2.75) is 32.2 Å². The van der Waals surface area contributed by atoms with Crippen LogP contribution in [0.3, 0.4) is 0 Å². The van der Waals surface area contributed by atoms with Crippen LogP contribution >= 0.6 is 0 Å². The van der Waals surface area contributed by atoms with E-state index in [4.69, 9.17) is 9.97 Å². The Labute approximate surface area is 193 Å². The van der Waals surface area contributed by atoms with Crippen molar-refractivity contribution in [1.29, 1.82) is 0 Å². The molecule has 0 radical (unpaired) electrons. The second-order valence-corrected chi connectivity index (χ2v) is 8.42. The molecule has 1 aliphatic heterocycles. The van der Waals surface area contributed by atoms with Gasteiger partial charge in [-0.1, -0.05) is 30.3 Å². The van der Waals surface area contributed by atoms with Gasteiger partial charge < -0.3 is 14.8 Å². The lowest BCUT2D eigenvalue weighted by atomic mass is 10.1. The highest BCUT2D eigenvalue weighted by Crippen LogP contribution is 2.31. The maximum absolute atomic E-state index is 12.7. The summed E-state index contributed by atoms with van der Waals surface area (Å²) in [6.45, 7) is 3.39. The summed E-state index contributed by atoms with van der Waals surface area (Å²) in [7, 11) is 0. The first-order valence-corrected chi connectivity index (χ1v) is 11.6. The average Bonchev–Trinajstić information content (AvgIpc) is 3.40. The van der Waals surface area contributed by atoms with Crippen LogP contribution in [0.25, 0.3) is 22.3 Å². The minimum Gasteiger partial charge on any atom is -0.355 e. The molecule has 5 rings (SSSR count). The first-order chi connectivity index (χ1) is 16.3. The number of benzene rings is 2. The van der Waals surface area contributed by atoms with Crippen LogP contribution in [0.2, 0.25) is 0 Å². The van der Waals surface area contributed by atoms with E-state index in [2.05, 4.69) is 27.3 Å². The van der Waals surface area contributed by atoms with Gasteiger partial charge in [0.05, 0.1) is 17.4 Å². The zero-order valence-electron chi connectivity index (χ0n) is 18.7. The van der Waals surface area contributed by atoms with Crippen LogP contribution < -0.4 is 10.2 Å². The smallest absolute Gasteiger partial charge is 0.251 e. The summed E-state index contributed by atoms with van der Waals surface area (Å²) in [4.78, 5) is 29.1. The molecule has 33 heavy (non-hydrogen) atoms. The normalized spacial score (nSPS) is 13.9. The van der Waals surface area contributed by atoms with Gasteiger partial charge in [-0.25, -0.2) is 15.0 Å². The van der Waals surface area contributed by atoms with Crippen LogP contribution in [0.4, 0.5) is 5.82 Å². The highest BCUT2D eigenvalue weighted by atomic mass is 16.1. The number of aryl methyl sites for hydroxylation is 1. The minimum atomic E-state index is -0.0870. The van der Waals surface area contributed by atoms with Crippen LogP contribution in [-0.4, -0.2) is 45.1 Å². The molecule has 7 nitrogen and oxygen atoms in total. The fraction of sp³-hybridized carbons (Fsp3) is 0.308. The fourth-order valence-corrected chi connectivity index (χ4v) is 4.29. The zero-order valence-corrected chi connectivity index (χ0v) is 18.7. The Morgan fingerprint density at radius 2 is 1.82 bits per heavy atom. The maximum Gasteiger partial charge on any atom is 0.251 e. The molecule has 2 aromatic carbocycles. The number of nitrogens with one attached hydrogen (secondary N) is 1. The molecular formula is C26H28N6O. The molecule has 1 fully saturated rings. The SMILES string of the molecule is O=C(NCCCn1ccnc1)c1ccc2nc(-c3ccccc3)c(N3CCCCC3)nc2c1. The monoisotopic (exact) mass is 440 g/mol. The lowest BCUT2D eigenvalue weighted by molar-refractivity contribution is 0.0953. The number of anilines is 1. The average molecular weight is 441 g/mol. The molecule has 7 heteroatoms. The summed E-state index contributed by atoms with van der Waals surface area (Å²) in [6.07, 6.45) is 9.89. The summed E-state index contributed by atoms with van der Waals surface area (Å²) in [5.41, 5.74) is 4.12. The van der Waals surface area contributed by atoms with E-state index in [1.807, 2.05) is 47.2 Å². The molecule has 1 amide bonds. The number of rotatable bonds is 7. The number of hydrogen-bond acceptors (Lipinski definition) is 5. The first kappa shape index (κ1) is 21.1. The third-order valence-electron chi connectivity index (χ3n) is 6.05. The summed E-state index contributed by atoms with van der Waals surface area (Å²) in [5.74, 6) is 0.822. The van der Waals surface area contributed by atoms with E-state index in [0.29, 0.717) is 12.1 Å². The molecule has 0 spiro atoms. The van der Waals surface area contributed by atoms with Gasteiger partial charge in [0, 0.05) is 49.7 Å². The summed E-state index contributed by atoms with van der Waals surface area (Å²) in [6, 6.07) is 15.8. The van der Waals surface area contributed by atoms with Gasteiger partial charge in [-0.3, -0.25) is 4.79 Å². The maximum atomic E-state index is 12.7. The number of amides is 1. The van der Waals surface area contributed by atoms with E-state index in [0.717, 1.165) is 67.0 Å². The third kappa shape index (κ3) is 4.87. The number of carbonyl (C=O) groups is 1. The van der Waals surface area contributed by atoms with Crippen molar-refractivity contribution in [1.82, 2.24) is 24.8 Å². The predicted octanol–water partition coefficient (Wildman–Crippen LogP) is 4.30. The van der Waals surface area contributed by atoms with Crippen molar-refractivity contribution in [2.75, 3.05) is 24.5 Å². The van der Waals surface area contributed by atoms with Crippen molar-refractivity contribution < 1.29 is 4.79 Å².